The van der Waals surface area contributed by atoms with E-state index in [1.54, 1.807) is 0 Å². The third kappa shape index (κ3) is 7.02. The summed E-state index contributed by atoms with van der Waals surface area (Å²) < 4.78 is 0. The number of thioether (sulfide) groups is 1. The second-order valence-electron chi connectivity index (χ2n) is 4.19. The van der Waals surface area contributed by atoms with Crippen molar-refractivity contribution in [3.05, 3.63) is 0 Å². The minimum Gasteiger partial charge on any atom is -0.303 e. The molecule has 0 heterocycles. The summed E-state index contributed by atoms with van der Waals surface area (Å²) in [6.07, 6.45) is 4.72. The van der Waals surface area contributed by atoms with Gasteiger partial charge >= 0.3 is 0 Å². The molecule has 0 N–H and O–H groups in total. The highest BCUT2D eigenvalue weighted by Gasteiger charge is 2.09. The van der Waals surface area contributed by atoms with Crippen LogP contribution >= 0.6 is 24.4 Å². The van der Waals surface area contributed by atoms with Crippen molar-refractivity contribution in [2.45, 2.75) is 32.7 Å². The maximum atomic E-state index is 4.26. The predicted molar refractivity (Wildman–Crippen MR) is 72.7 cm³/mol. The van der Waals surface area contributed by atoms with E-state index in [1.807, 2.05) is 11.8 Å². The van der Waals surface area contributed by atoms with Crippen molar-refractivity contribution in [3.63, 3.8) is 0 Å². The number of rotatable bonds is 8. The SMILES string of the molecule is CSCC(C)N(C)CCC(C)CCS. The molecule has 0 aliphatic carbocycles. The van der Waals surface area contributed by atoms with Gasteiger partial charge in [0.15, 0.2) is 0 Å². The van der Waals surface area contributed by atoms with E-state index in [9.17, 15) is 0 Å². The van der Waals surface area contributed by atoms with Gasteiger partial charge in [0.2, 0.25) is 0 Å². The van der Waals surface area contributed by atoms with Crippen LogP contribution in [0.2, 0.25) is 0 Å². The second-order valence-corrected chi connectivity index (χ2v) is 5.55. The molecule has 0 aromatic carbocycles. The Morgan fingerprint density at radius 2 is 1.93 bits per heavy atom. The molecule has 2 unspecified atom stereocenters. The molecule has 0 aromatic heterocycles. The van der Waals surface area contributed by atoms with Gasteiger partial charge in [0, 0.05) is 11.8 Å². The van der Waals surface area contributed by atoms with Crippen molar-refractivity contribution in [2.24, 2.45) is 5.92 Å². The normalized spacial score (nSPS) is 15.9. The van der Waals surface area contributed by atoms with E-state index in [4.69, 9.17) is 0 Å². The van der Waals surface area contributed by atoms with Gasteiger partial charge in [0.1, 0.15) is 0 Å². The number of nitrogens with zero attached hydrogens (tertiary/aromatic N) is 1. The molecule has 0 radical (unpaired) electrons. The fraction of sp³-hybridized carbons (Fsp3) is 1.00. The Labute approximate surface area is 99.4 Å². The highest BCUT2D eigenvalue weighted by atomic mass is 32.2. The van der Waals surface area contributed by atoms with E-state index in [0.717, 1.165) is 11.7 Å². The highest BCUT2D eigenvalue weighted by Crippen LogP contribution is 2.11. The molecule has 0 rings (SSSR count). The van der Waals surface area contributed by atoms with Gasteiger partial charge in [0.25, 0.3) is 0 Å². The zero-order valence-electron chi connectivity index (χ0n) is 9.99. The Balaban J connectivity index is 3.56. The molecule has 0 spiro atoms. The molecule has 0 saturated carbocycles. The van der Waals surface area contributed by atoms with Gasteiger partial charge in [-0.3, -0.25) is 0 Å². The van der Waals surface area contributed by atoms with Crippen LogP contribution in [0.4, 0.5) is 0 Å². The quantitative estimate of drug-likeness (QED) is 0.644. The van der Waals surface area contributed by atoms with E-state index in [2.05, 4.69) is 44.7 Å². The monoisotopic (exact) mass is 235 g/mol. The number of hydrogen-bond acceptors (Lipinski definition) is 3. The third-order valence-electron chi connectivity index (χ3n) is 2.76. The largest absolute Gasteiger partial charge is 0.303 e. The average Bonchev–Trinajstić information content (AvgIpc) is 2.15. The molecule has 3 heteroatoms. The van der Waals surface area contributed by atoms with Gasteiger partial charge in [-0.1, -0.05) is 6.92 Å². The van der Waals surface area contributed by atoms with Crippen molar-refractivity contribution in [1.82, 2.24) is 4.90 Å². The van der Waals surface area contributed by atoms with Crippen LogP contribution in [0.15, 0.2) is 0 Å². The molecular formula is C11H25NS2. The molecule has 0 aliphatic heterocycles. The summed E-state index contributed by atoms with van der Waals surface area (Å²) in [5.41, 5.74) is 0. The molecule has 0 aliphatic rings. The number of hydrogen-bond donors (Lipinski definition) is 1. The molecule has 1 nitrogen and oxygen atoms in total. The van der Waals surface area contributed by atoms with Crippen molar-refractivity contribution < 1.29 is 0 Å². The Morgan fingerprint density at radius 1 is 1.29 bits per heavy atom. The van der Waals surface area contributed by atoms with Crippen LogP contribution < -0.4 is 0 Å². The fourth-order valence-corrected chi connectivity index (χ4v) is 2.56. The summed E-state index contributed by atoms with van der Waals surface area (Å²) in [7, 11) is 2.23. The Morgan fingerprint density at radius 3 is 2.43 bits per heavy atom. The molecule has 14 heavy (non-hydrogen) atoms. The minimum absolute atomic E-state index is 0.702. The average molecular weight is 235 g/mol. The highest BCUT2D eigenvalue weighted by molar-refractivity contribution is 7.98. The third-order valence-corrected chi connectivity index (χ3v) is 3.83. The second kappa shape index (κ2) is 8.93. The van der Waals surface area contributed by atoms with Crippen LogP contribution in [-0.2, 0) is 0 Å². The van der Waals surface area contributed by atoms with Crippen molar-refractivity contribution >= 4 is 24.4 Å². The van der Waals surface area contributed by atoms with Crippen LogP contribution in [0.25, 0.3) is 0 Å². The molecule has 0 aromatic rings. The van der Waals surface area contributed by atoms with Crippen LogP contribution in [0.1, 0.15) is 26.7 Å². The van der Waals surface area contributed by atoms with Crippen LogP contribution in [0.5, 0.6) is 0 Å². The summed E-state index contributed by atoms with van der Waals surface area (Å²) in [5.74, 6) is 3.07. The Bertz CT molecular complexity index is 130. The van der Waals surface area contributed by atoms with Crippen LogP contribution in [-0.4, -0.2) is 42.3 Å². The lowest BCUT2D eigenvalue weighted by molar-refractivity contribution is 0.257. The molecule has 0 fully saturated rings. The summed E-state index contributed by atoms with van der Waals surface area (Å²) in [6, 6.07) is 0.702. The van der Waals surface area contributed by atoms with Gasteiger partial charge in [-0.25, -0.2) is 0 Å². The van der Waals surface area contributed by atoms with Crippen molar-refractivity contribution in [2.75, 3.05) is 31.4 Å². The van der Waals surface area contributed by atoms with Crippen molar-refractivity contribution in [1.29, 1.82) is 0 Å². The smallest absolute Gasteiger partial charge is 0.0154 e. The Hall–Kier alpha value is 0.660. The molecule has 2 atom stereocenters. The van der Waals surface area contributed by atoms with Crippen LogP contribution in [0.3, 0.4) is 0 Å². The molecule has 0 amide bonds. The van der Waals surface area contributed by atoms with E-state index in [1.165, 1.54) is 25.1 Å². The van der Waals surface area contributed by atoms with E-state index < -0.39 is 0 Å². The molecule has 0 bridgehead atoms. The molecule has 0 saturated heterocycles. The molecule has 86 valence electrons. The fourth-order valence-electron chi connectivity index (χ4n) is 1.38. The number of thiol groups is 1. The maximum absolute atomic E-state index is 4.26. The van der Waals surface area contributed by atoms with E-state index >= 15 is 0 Å². The topological polar surface area (TPSA) is 3.24 Å². The van der Waals surface area contributed by atoms with Crippen LogP contribution in [0, 0.1) is 5.92 Å². The minimum atomic E-state index is 0.702. The lowest BCUT2D eigenvalue weighted by atomic mass is 10.0. The predicted octanol–water partition coefficient (Wildman–Crippen LogP) is 3.02. The summed E-state index contributed by atoms with van der Waals surface area (Å²) >= 11 is 6.19. The lowest BCUT2D eigenvalue weighted by Crippen LogP contribution is -2.32. The van der Waals surface area contributed by atoms with Gasteiger partial charge in [0.05, 0.1) is 0 Å². The maximum Gasteiger partial charge on any atom is 0.0154 e. The first-order valence-electron chi connectivity index (χ1n) is 5.41. The van der Waals surface area contributed by atoms with E-state index in [-0.39, 0.29) is 0 Å². The summed E-state index contributed by atoms with van der Waals surface area (Å²) in [4.78, 5) is 2.46. The van der Waals surface area contributed by atoms with Crippen molar-refractivity contribution in [3.8, 4) is 0 Å². The first-order valence-corrected chi connectivity index (χ1v) is 7.44. The van der Waals surface area contributed by atoms with Gasteiger partial charge < -0.3 is 4.90 Å². The van der Waals surface area contributed by atoms with Gasteiger partial charge in [-0.05, 0) is 51.3 Å². The zero-order valence-corrected chi connectivity index (χ0v) is 11.7. The lowest BCUT2D eigenvalue weighted by Gasteiger charge is -2.25. The van der Waals surface area contributed by atoms with E-state index in [0.29, 0.717) is 6.04 Å². The summed E-state index contributed by atoms with van der Waals surface area (Å²) in [5, 5.41) is 0. The van der Waals surface area contributed by atoms with Gasteiger partial charge in [-0.15, -0.1) is 0 Å². The standard InChI is InChI=1S/C11H25NS2/c1-10(6-8-13)5-7-12(3)11(2)9-14-4/h10-11,13H,5-9H2,1-4H3. The zero-order chi connectivity index (χ0) is 11.0. The summed E-state index contributed by atoms with van der Waals surface area (Å²) in [6.45, 7) is 5.85. The first-order chi connectivity index (χ1) is 6.61. The molecular weight excluding hydrogens is 210 g/mol. The first kappa shape index (κ1) is 14.7. The Kier molecular flexibility index (Phi) is 9.35. The van der Waals surface area contributed by atoms with Gasteiger partial charge in [-0.2, -0.15) is 24.4 Å².